The highest BCUT2D eigenvalue weighted by Crippen LogP contribution is 2.43. The normalized spacial score (nSPS) is 13.6. The van der Waals surface area contributed by atoms with E-state index in [-0.39, 0.29) is 30.2 Å². The van der Waals surface area contributed by atoms with Crippen LogP contribution in [0.25, 0.3) is 33.4 Å². The minimum Gasteiger partial charge on any atom is -0.478 e. The topological polar surface area (TPSA) is 94.1 Å². The van der Waals surface area contributed by atoms with Crippen LogP contribution in [0.3, 0.4) is 0 Å². The number of carbonyl (C=O) groups is 3. The number of nitrogens with zero attached hydrogens (tertiary/aromatic N) is 3. The van der Waals surface area contributed by atoms with Gasteiger partial charge in [0, 0.05) is 61.3 Å². The van der Waals surface area contributed by atoms with Crippen LogP contribution >= 0.6 is 0 Å². The first-order valence-corrected chi connectivity index (χ1v) is 11.6. The molecule has 3 aliphatic rings. The lowest BCUT2D eigenvalue weighted by Gasteiger charge is -2.20. The van der Waals surface area contributed by atoms with Crippen LogP contribution in [-0.2, 0) is 9.59 Å². The number of fused-ring (bicyclic) bond motifs is 2. The van der Waals surface area contributed by atoms with Crippen LogP contribution in [-0.4, -0.2) is 51.1 Å². The molecule has 1 N–H and O–H groups in total. The molecule has 1 aliphatic carbocycles. The number of carbonyl (C=O) groups excluding carboxylic acids is 2. The molecule has 2 aromatic carbocycles. The fourth-order valence-electron chi connectivity index (χ4n) is 4.64. The van der Waals surface area contributed by atoms with Gasteiger partial charge in [-0.25, -0.2) is 9.37 Å². The molecule has 0 aromatic heterocycles. The van der Waals surface area contributed by atoms with E-state index in [1.165, 1.54) is 12.1 Å². The van der Waals surface area contributed by atoms with Crippen LogP contribution in [0.2, 0.25) is 0 Å². The molecule has 2 heterocycles. The van der Waals surface area contributed by atoms with E-state index in [9.17, 15) is 19.5 Å². The molecule has 36 heavy (non-hydrogen) atoms. The number of carboxylic acid groups (broad SMARTS) is 1. The van der Waals surface area contributed by atoms with E-state index in [1.807, 2.05) is 74.1 Å². The minimum absolute atomic E-state index is 0.0695. The minimum atomic E-state index is -1.10. The van der Waals surface area contributed by atoms with E-state index in [0.29, 0.717) is 28.2 Å². The van der Waals surface area contributed by atoms with Crippen LogP contribution in [0.5, 0.6) is 0 Å². The monoisotopic (exact) mass is 484 g/mol. The highest BCUT2D eigenvalue weighted by molar-refractivity contribution is 6.20. The second-order valence-corrected chi connectivity index (χ2v) is 9.28. The first-order chi connectivity index (χ1) is 17.2. The Balaban J connectivity index is 1.90. The Morgan fingerprint density at radius 1 is 0.944 bits per heavy atom. The van der Waals surface area contributed by atoms with Crippen LogP contribution < -0.4 is 19.7 Å². The van der Waals surface area contributed by atoms with Gasteiger partial charge in [-0.1, -0.05) is 0 Å². The molecule has 8 nitrogen and oxygen atoms in total. The van der Waals surface area contributed by atoms with Gasteiger partial charge in [-0.15, -0.1) is 0 Å². The number of imide groups is 1. The summed E-state index contributed by atoms with van der Waals surface area (Å²) in [5, 5.41) is 11.7. The van der Waals surface area contributed by atoms with Crippen molar-refractivity contribution in [3.05, 3.63) is 65.5 Å². The summed E-state index contributed by atoms with van der Waals surface area (Å²) in [5.41, 5.74) is 3.76. The molecule has 8 heteroatoms. The third-order valence-corrected chi connectivity index (χ3v) is 6.53. The second kappa shape index (κ2) is 8.64. The SMILES string of the molecule is CN(C)c1ccc2c(-c3cc(N4C(=O)CCC4=O)ccc3C(=O)O)c3ccc(=[N+](C)C)cc-3oc2c1. The maximum atomic E-state index is 12.4. The Morgan fingerprint density at radius 2 is 1.67 bits per heavy atom. The highest BCUT2D eigenvalue weighted by atomic mass is 16.4. The standard InChI is InChI=1S/C28H25N3O5/c1-29(2)16-5-9-20-23(14-16)36-24-15-17(30(3)4)6-10-21(24)27(20)22-13-18(7-8-19(22)28(34)35)31-25(32)11-12-26(31)33/h5-10,13-15H,11-12H2,1-4H3/p+1. The smallest absolute Gasteiger partial charge is 0.336 e. The van der Waals surface area contributed by atoms with E-state index in [2.05, 4.69) is 0 Å². The Kier molecular flexibility index (Phi) is 5.59. The van der Waals surface area contributed by atoms with Gasteiger partial charge >= 0.3 is 5.97 Å². The molecular formula is C28H26N3O5+. The molecule has 2 amide bonds. The number of aromatic carboxylic acids is 1. The molecule has 182 valence electrons. The summed E-state index contributed by atoms with van der Waals surface area (Å²) in [6.07, 6.45) is 0.289. The van der Waals surface area contributed by atoms with Crippen molar-refractivity contribution in [2.24, 2.45) is 0 Å². The Hall–Kier alpha value is -4.46. The molecule has 1 fully saturated rings. The Morgan fingerprint density at radius 3 is 2.31 bits per heavy atom. The van der Waals surface area contributed by atoms with E-state index < -0.39 is 5.97 Å². The van der Waals surface area contributed by atoms with Gasteiger partial charge < -0.3 is 14.4 Å². The van der Waals surface area contributed by atoms with Gasteiger partial charge in [0.25, 0.3) is 0 Å². The molecule has 0 radical (unpaired) electrons. The van der Waals surface area contributed by atoms with E-state index in [1.54, 1.807) is 6.07 Å². The summed E-state index contributed by atoms with van der Waals surface area (Å²) in [6.45, 7) is 0. The molecule has 2 aliphatic heterocycles. The lowest BCUT2D eigenvalue weighted by atomic mass is 9.90. The van der Waals surface area contributed by atoms with Crippen LogP contribution in [0.1, 0.15) is 23.2 Å². The fraction of sp³-hybridized carbons (Fsp3) is 0.214. The van der Waals surface area contributed by atoms with Gasteiger partial charge in [-0.2, -0.15) is 0 Å². The van der Waals surface area contributed by atoms with E-state index >= 15 is 0 Å². The molecule has 2 aromatic rings. The maximum absolute atomic E-state index is 12.4. The van der Waals surface area contributed by atoms with Gasteiger partial charge in [0.15, 0.2) is 0 Å². The number of hydrogen-bond donors (Lipinski definition) is 1. The summed E-state index contributed by atoms with van der Waals surface area (Å²) in [6, 6.07) is 16.1. The number of hydrogen-bond acceptors (Lipinski definition) is 5. The Labute approximate surface area is 207 Å². The van der Waals surface area contributed by atoms with Crippen LogP contribution in [0.15, 0.2) is 59.0 Å². The third kappa shape index (κ3) is 3.80. The number of benzene rings is 3. The number of amides is 2. The van der Waals surface area contributed by atoms with Crippen molar-refractivity contribution >= 4 is 40.1 Å². The molecule has 0 saturated carbocycles. The van der Waals surface area contributed by atoms with Crippen molar-refractivity contribution in [1.82, 2.24) is 4.58 Å². The summed E-state index contributed by atoms with van der Waals surface area (Å²) in [5.74, 6) is -1.10. The third-order valence-electron chi connectivity index (χ3n) is 6.53. The lowest BCUT2D eigenvalue weighted by Crippen LogP contribution is -2.28. The first-order valence-electron chi connectivity index (χ1n) is 11.6. The van der Waals surface area contributed by atoms with Crippen molar-refractivity contribution < 1.29 is 23.9 Å². The van der Waals surface area contributed by atoms with Gasteiger partial charge in [0.2, 0.25) is 17.2 Å². The van der Waals surface area contributed by atoms with E-state index in [0.717, 1.165) is 26.9 Å². The zero-order valence-corrected chi connectivity index (χ0v) is 20.5. The summed E-state index contributed by atoms with van der Waals surface area (Å²) >= 11 is 0. The summed E-state index contributed by atoms with van der Waals surface area (Å²) in [7, 11) is 7.74. The van der Waals surface area contributed by atoms with Crippen LogP contribution in [0.4, 0.5) is 11.4 Å². The zero-order valence-electron chi connectivity index (χ0n) is 20.5. The van der Waals surface area contributed by atoms with E-state index in [4.69, 9.17) is 4.42 Å². The number of anilines is 2. The maximum Gasteiger partial charge on any atom is 0.336 e. The first kappa shape index (κ1) is 23.3. The van der Waals surface area contributed by atoms with Gasteiger partial charge in [-0.05, 0) is 42.0 Å². The molecular weight excluding hydrogens is 458 g/mol. The highest BCUT2D eigenvalue weighted by Gasteiger charge is 2.32. The quantitative estimate of drug-likeness (QED) is 0.270. The molecule has 0 bridgehead atoms. The molecule has 0 spiro atoms. The van der Waals surface area contributed by atoms with Crippen molar-refractivity contribution in [3.63, 3.8) is 0 Å². The summed E-state index contributed by atoms with van der Waals surface area (Å²) < 4.78 is 8.30. The predicted molar refractivity (Wildman–Crippen MR) is 138 cm³/mol. The van der Waals surface area contributed by atoms with Gasteiger partial charge in [0.1, 0.15) is 25.4 Å². The number of rotatable bonds is 4. The van der Waals surface area contributed by atoms with Crippen molar-refractivity contribution in [3.8, 4) is 22.5 Å². The van der Waals surface area contributed by atoms with Gasteiger partial charge in [0.05, 0.1) is 17.3 Å². The molecule has 0 unspecified atom stereocenters. The van der Waals surface area contributed by atoms with Crippen molar-refractivity contribution in [2.75, 3.05) is 38.0 Å². The Bertz CT molecular complexity index is 1600. The zero-order chi connectivity index (χ0) is 25.7. The van der Waals surface area contributed by atoms with Crippen LogP contribution in [0, 0.1) is 0 Å². The predicted octanol–water partition coefficient (Wildman–Crippen LogP) is 3.65. The fourth-order valence-corrected chi connectivity index (χ4v) is 4.64. The van der Waals surface area contributed by atoms with Gasteiger partial charge in [-0.3, -0.25) is 14.5 Å². The average molecular weight is 485 g/mol. The molecule has 0 atom stereocenters. The number of carboxylic acids is 1. The molecule has 5 rings (SSSR count). The molecule has 1 saturated heterocycles. The lowest BCUT2D eigenvalue weighted by molar-refractivity contribution is -0.121. The van der Waals surface area contributed by atoms with Crippen molar-refractivity contribution in [1.29, 1.82) is 0 Å². The summed E-state index contributed by atoms with van der Waals surface area (Å²) in [4.78, 5) is 40.3. The van der Waals surface area contributed by atoms with Crippen molar-refractivity contribution in [2.45, 2.75) is 12.8 Å². The largest absolute Gasteiger partial charge is 0.478 e. The second-order valence-electron chi connectivity index (χ2n) is 9.28. The average Bonchev–Trinajstić information content (AvgIpc) is 3.18.